The fraction of sp³-hybridized carbons (Fsp3) is 0.824. The number of nitrogens with zero attached hydrogens (tertiary/aromatic N) is 2. The lowest BCUT2D eigenvalue weighted by molar-refractivity contribution is -0.148. The summed E-state index contributed by atoms with van der Waals surface area (Å²) in [5.74, 6) is 0.260. The van der Waals surface area contributed by atoms with Crippen LogP contribution in [0.3, 0.4) is 0 Å². The summed E-state index contributed by atoms with van der Waals surface area (Å²) in [6.07, 6.45) is 3.43. The number of primary amides is 1. The first-order chi connectivity index (χ1) is 11.5. The fourth-order valence-corrected chi connectivity index (χ4v) is 4.07. The van der Waals surface area contributed by atoms with Crippen LogP contribution in [0.1, 0.15) is 32.6 Å². The van der Waals surface area contributed by atoms with Crippen molar-refractivity contribution in [2.75, 3.05) is 32.8 Å². The topological polar surface area (TPSA) is 92.9 Å². The normalized spacial score (nSPS) is 28.7. The lowest BCUT2D eigenvalue weighted by atomic mass is 9.86. The summed E-state index contributed by atoms with van der Waals surface area (Å²) in [7, 11) is 0. The molecule has 3 amide bonds. The molecule has 0 unspecified atom stereocenters. The summed E-state index contributed by atoms with van der Waals surface area (Å²) < 4.78 is 5.68. The quantitative estimate of drug-likeness (QED) is 0.780. The molecule has 0 aliphatic carbocycles. The third kappa shape index (κ3) is 3.55. The highest BCUT2D eigenvalue weighted by Gasteiger charge is 2.39. The van der Waals surface area contributed by atoms with Gasteiger partial charge < -0.3 is 20.3 Å². The predicted molar refractivity (Wildman–Crippen MR) is 86.7 cm³/mol. The molecular formula is C17H27N3O4. The van der Waals surface area contributed by atoms with Gasteiger partial charge in [0.1, 0.15) is 0 Å². The monoisotopic (exact) mass is 337 g/mol. The van der Waals surface area contributed by atoms with Gasteiger partial charge in [-0.2, -0.15) is 0 Å². The summed E-state index contributed by atoms with van der Waals surface area (Å²) in [6.45, 7) is 4.79. The van der Waals surface area contributed by atoms with Crippen LogP contribution < -0.4 is 5.73 Å². The van der Waals surface area contributed by atoms with E-state index < -0.39 is 0 Å². The molecule has 3 fully saturated rings. The van der Waals surface area contributed by atoms with Crippen LogP contribution in [0.25, 0.3) is 0 Å². The second-order valence-corrected chi connectivity index (χ2v) is 7.33. The van der Waals surface area contributed by atoms with Crippen molar-refractivity contribution < 1.29 is 19.1 Å². The third-order valence-electron chi connectivity index (χ3n) is 5.74. The lowest BCUT2D eigenvalue weighted by Crippen LogP contribution is -2.56. The molecule has 2 N–H and O–H groups in total. The predicted octanol–water partition coefficient (Wildman–Crippen LogP) is -0.0162. The van der Waals surface area contributed by atoms with E-state index in [-0.39, 0.29) is 35.7 Å². The molecule has 7 heteroatoms. The summed E-state index contributed by atoms with van der Waals surface area (Å²) in [4.78, 5) is 38.7. The van der Waals surface area contributed by atoms with Gasteiger partial charge in [-0.25, -0.2) is 0 Å². The first kappa shape index (κ1) is 17.2. The Hall–Kier alpha value is -1.63. The Labute approximate surface area is 142 Å². The molecule has 2 atom stereocenters. The number of rotatable bonds is 4. The number of amides is 3. The lowest BCUT2D eigenvalue weighted by Gasteiger charge is -2.42. The zero-order valence-corrected chi connectivity index (χ0v) is 14.3. The van der Waals surface area contributed by atoms with Crippen LogP contribution in [0.15, 0.2) is 0 Å². The average molecular weight is 337 g/mol. The zero-order chi connectivity index (χ0) is 17.3. The summed E-state index contributed by atoms with van der Waals surface area (Å²) in [5.41, 5.74) is 5.44. The Balaban J connectivity index is 1.42. The number of hydrogen-bond acceptors (Lipinski definition) is 4. The number of carbonyl (C=O) groups excluding carboxylic acids is 3. The standard InChI is InChI=1S/C17H27N3O4/c1-11(21)20-9-13(10-20)17(23)19-5-2-12(3-6-19)8-15-14(16(18)22)4-7-24-15/h12-15H,2-10H2,1H3,(H2,18,22)/t14-,15-/m1/s1. The van der Waals surface area contributed by atoms with Crippen molar-refractivity contribution >= 4 is 17.7 Å². The molecule has 3 saturated heterocycles. The van der Waals surface area contributed by atoms with Gasteiger partial charge in [-0.3, -0.25) is 14.4 Å². The van der Waals surface area contributed by atoms with E-state index in [0.29, 0.717) is 25.6 Å². The summed E-state index contributed by atoms with van der Waals surface area (Å²) >= 11 is 0. The molecule has 0 bridgehead atoms. The molecule has 0 aromatic rings. The number of nitrogens with two attached hydrogens (primary N) is 1. The van der Waals surface area contributed by atoms with Crippen molar-refractivity contribution in [3.05, 3.63) is 0 Å². The van der Waals surface area contributed by atoms with Gasteiger partial charge in [0.05, 0.1) is 17.9 Å². The SMILES string of the molecule is CC(=O)N1CC(C(=O)N2CCC(C[C@H]3OCC[C@H]3C(N)=O)CC2)C1. The highest BCUT2D eigenvalue weighted by Crippen LogP contribution is 2.31. The van der Waals surface area contributed by atoms with E-state index in [4.69, 9.17) is 10.5 Å². The summed E-state index contributed by atoms with van der Waals surface area (Å²) in [5, 5.41) is 0. The van der Waals surface area contributed by atoms with Crippen LogP contribution in [-0.4, -0.2) is 66.4 Å². The van der Waals surface area contributed by atoms with E-state index in [1.807, 2.05) is 4.90 Å². The average Bonchev–Trinajstić information content (AvgIpc) is 2.94. The Kier molecular flexibility index (Phi) is 5.08. The van der Waals surface area contributed by atoms with Gasteiger partial charge in [0, 0.05) is 39.7 Å². The van der Waals surface area contributed by atoms with Crippen LogP contribution in [0.4, 0.5) is 0 Å². The number of likely N-dealkylation sites (tertiary alicyclic amines) is 2. The molecule has 0 aromatic carbocycles. The molecule has 7 nitrogen and oxygen atoms in total. The number of carbonyl (C=O) groups is 3. The second-order valence-electron chi connectivity index (χ2n) is 7.33. The van der Waals surface area contributed by atoms with E-state index in [1.54, 1.807) is 4.90 Å². The highest BCUT2D eigenvalue weighted by molar-refractivity contribution is 5.83. The van der Waals surface area contributed by atoms with Crippen molar-refractivity contribution in [1.82, 2.24) is 9.80 Å². The maximum absolute atomic E-state index is 12.4. The van der Waals surface area contributed by atoms with Crippen LogP contribution >= 0.6 is 0 Å². The Morgan fingerprint density at radius 2 is 1.75 bits per heavy atom. The number of hydrogen-bond donors (Lipinski definition) is 1. The van der Waals surface area contributed by atoms with E-state index in [0.717, 1.165) is 38.8 Å². The molecule has 0 aromatic heterocycles. The van der Waals surface area contributed by atoms with Crippen LogP contribution in [0, 0.1) is 17.8 Å². The highest BCUT2D eigenvalue weighted by atomic mass is 16.5. The molecule has 0 radical (unpaired) electrons. The molecule has 3 aliphatic heterocycles. The Bertz CT molecular complexity index is 510. The van der Waals surface area contributed by atoms with Gasteiger partial charge >= 0.3 is 0 Å². The first-order valence-corrected chi connectivity index (χ1v) is 8.91. The van der Waals surface area contributed by atoms with E-state index in [2.05, 4.69) is 0 Å². The van der Waals surface area contributed by atoms with Crippen molar-refractivity contribution in [3.8, 4) is 0 Å². The smallest absolute Gasteiger partial charge is 0.229 e. The van der Waals surface area contributed by atoms with Gasteiger partial charge in [-0.05, 0) is 31.6 Å². The van der Waals surface area contributed by atoms with E-state index >= 15 is 0 Å². The van der Waals surface area contributed by atoms with Crippen LogP contribution in [-0.2, 0) is 19.1 Å². The number of ether oxygens (including phenoxy) is 1. The molecule has 24 heavy (non-hydrogen) atoms. The van der Waals surface area contributed by atoms with Crippen LogP contribution in [0.5, 0.6) is 0 Å². The van der Waals surface area contributed by atoms with Gasteiger partial charge in [-0.15, -0.1) is 0 Å². The maximum atomic E-state index is 12.4. The molecule has 134 valence electrons. The minimum absolute atomic E-state index is 0.0251. The van der Waals surface area contributed by atoms with E-state index in [1.165, 1.54) is 6.92 Å². The molecule has 3 rings (SSSR count). The van der Waals surface area contributed by atoms with Crippen molar-refractivity contribution in [3.63, 3.8) is 0 Å². The largest absolute Gasteiger partial charge is 0.377 e. The Morgan fingerprint density at radius 1 is 1.08 bits per heavy atom. The van der Waals surface area contributed by atoms with Gasteiger partial charge in [0.2, 0.25) is 17.7 Å². The van der Waals surface area contributed by atoms with E-state index in [9.17, 15) is 14.4 Å². The second kappa shape index (κ2) is 7.09. The first-order valence-electron chi connectivity index (χ1n) is 8.91. The van der Waals surface area contributed by atoms with Gasteiger partial charge in [0.15, 0.2) is 0 Å². The molecule has 0 spiro atoms. The Morgan fingerprint density at radius 3 is 2.33 bits per heavy atom. The zero-order valence-electron chi connectivity index (χ0n) is 14.3. The minimum Gasteiger partial charge on any atom is -0.377 e. The third-order valence-corrected chi connectivity index (χ3v) is 5.74. The fourth-order valence-electron chi connectivity index (χ4n) is 4.07. The van der Waals surface area contributed by atoms with Crippen molar-refractivity contribution in [1.29, 1.82) is 0 Å². The van der Waals surface area contributed by atoms with Crippen molar-refractivity contribution in [2.24, 2.45) is 23.5 Å². The van der Waals surface area contributed by atoms with Gasteiger partial charge in [-0.1, -0.05) is 0 Å². The molecular weight excluding hydrogens is 310 g/mol. The molecule has 3 heterocycles. The molecule has 3 aliphatic rings. The molecule has 0 saturated carbocycles. The number of piperidine rings is 1. The maximum Gasteiger partial charge on any atom is 0.229 e. The minimum atomic E-state index is -0.259. The van der Waals surface area contributed by atoms with Crippen molar-refractivity contribution in [2.45, 2.75) is 38.7 Å². The summed E-state index contributed by atoms with van der Waals surface area (Å²) in [6, 6.07) is 0. The van der Waals surface area contributed by atoms with Gasteiger partial charge in [0.25, 0.3) is 0 Å². The van der Waals surface area contributed by atoms with Crippen LogP contribution in [0.2, 0.25) is 0 Å².